The highest BCUT2D eigenvalue weighted by atomic mass is 79.9. The van der Waals surface area contributed by atoms with Gasteiger partial charge in [0.1, 0.15) is 29.8 Å². The van der Waals surface area contributed by atoms with Crippen LogP contribution in [0, 0.1) is 6.92 Å². The van der Waals surface area contributed by atoms with Gasteiger partial charge in [0.25, 0.3) is 10.1 Å². The number of hydrogen-bond donors (Lipinski definition) is 0. The van der Waals surface area contributed by atoms with Gasteiger partial charge in [-0.25, -0.2) is 0 Å². The van der Waals surface area contributed by atoms with E-state index >= 15 is 0 Å². The molecule has 0 fully saturated rings. The topological polar surface area (TPSA) is 80.3 Å². The van der Waals surface area contributed by atoms with Gasteiger partial charge < -0.3 is 18.9 Å². The minimum Gasteiger partial charge on any atom is -0.497 e. The number of halogens is 3. The Bertz CT molecular complexity index is 1850. The molecule has 0 N–H and O–H groups in total. The monoisotopic (exact) mass is 770 g/mol. The van der Waals surface area contributed by atoms with Gasteiger partial charge in [0, 0.05) is 4.47 Å². The SMILES string of the molecule is COc1ccc(C(OC[C@@H](COS(=O)(=O)c2ccc(C)cc2)Oc2c(Cl)cc(Br)cc2Cl)(c2ccccc2)c2ccc(OC)cc2)cc1. The van der Waals surface area contributed by atoms with Crippen LogP contribution in [0.4, 0.5) is 0 Å². The molecule has 7 nitrogen and oxygen atoms in total. The maximum Gasteiger partial charge on any atom is 0.297 e. The summed E-state index contributed by atoms with van der Waals surface area (Å²) in [6.45, 7) is 1.31. The van der Waals surface area contributed by atoms with Gasteiger partial charge in [0.15, 0.2) is 5.75 Å². The molecule has 0 radical (unpaired) electrons. The van der Waals surface area contributed by atoms with Gasteiger partial charge in [-0.3, -0.25) is 4.18 Å². The van der Waals surface area contributed by atoms with Crippen molar-refractivity contribution in [1.82, 2.24) is 0 Å². The van der Waals surface area contributed by atoms with Crippen molar-refractivity contribution in [2.75, 3.05) is 27.4 Å². The van der Waals surface area contributed by atoms with Gasteiger partial charge in [0.05, 0.1) is 35.8 Å². The molecule has 0 amide bonds. The minimum atomic E-state index is -4.15. The minimum absolute atomic E-state index is 0.0163. The van der Waals surface area contributed by atoms with Gasteiger partial charge >= 0.3 is 0 Å². The Kier molecular flexibility index (Phi) is 11.7. The first-order chi connectivity index (χ1) is 23.1. The largest absolute Gasteiger partial charge is 0.497 e. The number of methoxy groups -OCH3 is 2. The molecule has 5 aromatic rings. The summed E-state index contributed by atoms with van der Waals surface area (Å²) in [6.07, 6.45) is -0.999. The highest BCUT2D eigenvalue weighted by molar-refractivity contribution is 9.10. The molecular formula is C37H33BrCl2O7S. The Labute approximate surface area is 299 Å². The van der Waals surface area contributed by atoms with Crippen LogP contribution in [0.1, 0.15) is 22.3 Å². The zero-order valence-corrected chi connectivity index (χ0v) is 30.3. The van der Waals surface area contributed by atoms with Crippen molar-refractivity contribution in [1.29, 1.82) is 0 Å². The van der Waals surface area contributed by atoms with Crippen molar-refractivity contribution in [3.05, 3.63) is 152 Å². The van der Waals surface area contributed by atoms with E-state index < -0.39 is 28.4 Å². The van der Waals surface area contributed by atoms with Crippen LogP contribution in [0.5, 0.6) is 17.2 Å². The average molecular weight is 773 g/mol. The molecule has 0 spiro atoms. The maximum absolute atomic E-state index is 13.3. The van der Waals surface area contributed by atoms with Crippen LogP contribution in [0.2, 0.25) is 10.0 Å². The highest BCUT2D eigenvalue weighted by Crippen LogP contribution is 2.42. The predicted octanol–water partition coefficient (Wildman–Crippen LogP) is 9.24. The molecule has 0 aliphatic heterocycles. The zero-order chi connectivity index (χ0) is 34.3. The summed E-state index contributed by atoms with van der Waals surface area (Å²) < 4.78 is 56.9. The van der Waals surface area contributed by atoms with Crippen LogP contribution in [-0.4, -0.2) is 42.0 Å². The molecule has 0 bridgehead atoms. The number of benzene rings is 5. The molecule has 0 saturated carbocycles. The Hall–Kier alpha value is -3.57. The highest BCUT2D eigenvalue weighted by Gasteiger charge is 2.39. The van der Waals surface area contributed by atoms with Crippen molar-refractivity contribution >= 4 is 49.2 Å². The number of rotatable bonds is 14. The van der Waals surface area contributed by atoms with Gasteiger partial charge in [-0.2, -0.15) is 8.42 Å². The number of ether oxygens (including phenoxy) is 4. The Morgan fingerprint density at radius 1 is 0.708 bits per heavy atom. The lowest BCUT2D eigenvalue weighted by Gasteiger charge is -2.37. The standard InChI is InChI=1S/C37H33BrCl2O7S/c1-25-9-19-33(20-10-25)48(41,42)46-24-32(47-36-34(39)21-29(38)22-35(36)40)23-45-37(26-7-5-4-6-8-26,27-11-15-30(43-2)16-12-27)28-13-17-31(44-3)18-14-28/h4-22,32H,23-24H2,1-3H3/t32-/m0/s1. The van der Waals surface area contributed by atoms with E-state index in [2.05, 4.69) is 15.9 Å². The van der Waals surface area contributed by atoms with Crippen molar-refractivity contribution in [2.24, 2.45) is 0 Å². The van der Waals surface area contributed by atoms with Crippen molar-refractivity contribution in [3.63, 3.8) is 0 Å². The second-order valence-corrected chi connectivity index (χ2v) is 14.2. The van der Waals surface area contributed by atoms with E-state index in [0.717, 1.165) is 22.3 Å². The third kappa shape index (κ3) is 8.17. The third-order valence-corrected chi connectivity index (χ3v) is 9.94. The summed E-state index contributed by atoms with van der Waals surface area (Å²) in [6, 6.07) is 34.5. The molecule has 0 saturated heterocycles. The van der Waals surface area contributed by atoms with E-state index in [0.29, 0.717) is 16.0 Å². The fourth-order valence-corrected chi connectivity index (χ4v) is 7.39. The Balaban J connectivity index is 1.59. The molecule has 0 heterocycles. The lowest BCUT2D eigenvalue weighted by molar-refractivity contribution is -0.0405. The van der Waals surface area contributed by atoms with Crippen LogP contribution < -0.4 is 14.2 Å². The molecule has 1 atom stereocenters. The van der Waals surface area contributed by atoms with Crippen molar-refractivity contribution in [3.8, 4) is 17.2 Å². The number of hydrogen-bond acceptors (Lipinski definition) is 7. The second-order valence-electron chi connectivity index (χ2n) is 10.8. The van der Waals surface area contributed by atoms with Crippen LogP contribution in [0.15, 0.2) is 125 Å². The van der Waals surface area contributed by atoms with E-state index in [9.17, 15) is 8.42 Å². The lowest BCUT2D eigenvalue weighted by atomic mass is 9.80. The van der Waals surface area contributed by atoms with Gasteiger partial charge in [-0.15, -0.1) is 0 Å². The molecule has 250 valence electrons. The quantitative estimate of drug-likeness (QED) is 0.0823. The fourth-order valence-electron chi connectivity index (χ4n) is 5.16. The molecule has 0 aromatic heterocycles. The zero-order valence-electron chi connectivity index (χ0n) is 26.4. The van der Waals surface area contributed by atoms with E-state index in [4.69, 9.17) is 46.3 Å². The molecule has 0 aliphatic rings. The van der Waals surface area contributed by atoms with Crippen molar-refractivity contribution in [2.45, 2.75) is 23.5 Å². The first-order valence-electron chi connectivity index (χ1n) is 14.8. The van der Waals surface area contributed by atoms with E-state index in [1.165, 1.54) is 12.1 Å². The third-order valence-electron chi connectivity index (χ3n) is 7.63. The van der Waals surface area contributed by atoms with E-state index in [1.54, 1.807) is 38.5 Å². The molecule has 0 aliphatic carbocycles. The summed E-state index contributed by atoms with van der Waals surface area (Å²) in [7, 11) is -0.951. The molecule has 5 rings (SSSR count). The molecular weight excluding hydrogens is 739 g/mol. The van der Waals surface area contributed by atoms with E-state index in [-0.39, 0.29) is 27.3 Å². The summed E-state index contributed by atoms with van der Waals surface area (Å²) >= 11 is 16.5. The predicted molar refractivity (Wildman–Crippen MR) is 191 cm³/mol. The Morgan fingerprint density at radius 2 is 1.21 bits per heavy atom. The fraction of sp³-hybridized carbons (Fsp3) is 0.189. The first kappa shape index (κ1) is 35.7. The van der Waals surface area contributed by atoms with Gasteiger partial charge in [-0.1, -0.05) is 111 Å². The van der Waals surface area contributed by atoms with Crippen LogP contribution in [-0.2, 0) is 24.6 Å². The van der Waals surface area contributed by atoms with Crippen LogP contribution in [0.3, 0.4) is 0 Å². The summed E-state index contributed by atoms with van der Waals surface area (Å²) in [5, 5.41) is 0.445. The average Bonchev–Trinajstić information content (AvgIpc) is 3.09. The smallest absolute Gasteiger partial charge is 0.297 e. The first-order valence-corrected chi connectivity index (χ1v) is 17.8. The second kappa shape index (κ2) is 15.8. The van der Waals surface area contributed by atoms with Gasteiger partial charge in [0.2, 0.25) is 0 Å². The summed E-state index contributed by atoms with van der Waals surface area (Å²) in [5.41, 5.74) is 2.09. The van der Waals surface area contributed by atoms with Crippen LogP contribution >= 0.6 is 39.1 Å². The molecule has 48 heavy (non-hydrogen) atoms. The molecule has 0 unspecified atom stereocenters. The number of aryl methyl sites for hydroxylation is 1. The van der Waals surface area contributed by atoms with Gasteiger partial charge in [-0.05, 0) is 72.1 Å². The normalized spacial score (nSPS) is 12.4. The maximum atomic E-state index is 13.3. The Morgan fingerprint density at radius 3 is 1.71 bits per heavy atom. The molecule has 11 heteroatoms. The lowest BCUT2D eigenvalue weighted by Crippen LogP contribution is -2.39. The summed E-state index contributed by atoms with van der Waals surface area (Å²) in [4.78, 5) is 0.0163. The van der Waals surface area contributed by atoms with Crippen LogP contribution in [0.25, 0.3) is 0 Å². The van der Waals surface area contributed by atoms with E-state index in [1.807, 2.05) is 85.8 Å². The van der Waals surface area contributed by atoms with Crippen molar-refractivity contribution < 1.29 is 31.5 Å². The molecule has 5 aromatic carbocycles. The summed E-state index contributed by atoms with van der Waals surface area (Å²) in [5.74, 6) is 1.50.